The highest BCUT2D eigenvalue weighted by atomic mass is 35.5. The molecule has 6 heteroatoms. The lowest BCUT2D eigenvalue weighted by molar-refractivity contribution is 0.886. The van der Waals surface area contributed by atoms with E-state index in [1.165, 1.54) is 11.3 Å². The van der Waals surface area contributed by atoms with Gasteiger partial charge in [0.15, 0.2) is 0 Å². The Labute approximate surface area is 166 Å². The predicted molar refractivity (Wildman–Crippen MR) is 115 cm³/mol. The van der Waals surface area contributed by atoms with E-state index in [1.807, 2.05) is 52.5 Å². The van der Waals surface area contributed by atoms with Crippen LogP contribution in [0.3, 0.4) is 0 Å². The SMILES string of the molecule is C#CCn1cc(/C=N/Nc2nc(-c3ccc(Cl)cc3)cs2)c2ccccc21. The molecule has 2 aromatic heterocycles. The van der Waals surface area contributed by atoms with E-state index in [0.717, 1.165) is 32.9 Å². The minimum absolute atomic E-state index is 0.527. The molecule has 0 radical (unpaired) electrons. The van der Waals surface area contributed by atoms with Gasteiger partial charge in [-0.1, -0.05) is 47.9 Å². The minimum atomic E-state index is 0.527. The van der Waals surface area contributed by atoms with Gasteiger partial charge in [-0.3, -0.25) is 5.43 Å². The Kier molecular flexibility index (Phi) is 4.93. The molecule has 0 unspecified atom stereocenters. The van der Waals surface area contributed by atoms with Gasteiger partial charge in [0.2, 0.25) is 5.13 Å². The van der Waals surface area contributed by atoms with Crippen molar-refractivity contribution < 1.29 is 0 Å². The summed E-state index contributed by atoms with van der Waals surface area (Å²) in [7, 11) is 0. The number of nitrogens with one attached hydrogen (secondary N) is 1. The van der Waals surface area contributed by atoms with E-state index in [2.05, 4.69) is 33.6 Å². The Morgan fingerprint density at radius 1 is 1.22 bits per heavy atom. The third kappa shape index (κ3) is 3.72. The second kappa shape index (κ2) is 7.67. The maximum absolute atomic E-state index is 5.93. The van der Waals surface area contributed by atoms with Gasteiger partial charge in [0.1, 0.15) is 0 Å². The number of halogens is 1. The molecule has 0 bridgehead atoms. The van der Waals surface area contributed by atoms with Crippen LogP contribution in [0.4, 0.5) is 5.13 Å². The van der Waals surface area contributed by atoms with Crippen LogP contribution in [-0.4, -0.2) is 15.8 Å². The van der Waals surface area contributed by atoms with Crippen LogP contribution in [0, 0.1) is 12.3 Å². The predicted octanol–water partition coefficient (Wildman–Crippen LogP) is 5.50. The van der Waals surface area contributed by atoms with Gasteiger partial charge >= 0.3 is 0 Å². The van der Waals surface area contributed by atoms with Crippen LogP contribution in [0.25, 0.3) is 22.2 Å². The van der Waals surface area contributed by atoms with Crippen molar-refractivity contribution in [1.29, 1.82) is 0 Å². The van der Waals surface area contributed by atoms with E-state index >= 15 is 0 Å². The topological polar surface area (TPSA) is 42.2 Å². The largest absolute Gasteiger partial charge is 0.335 e. The number of benzene rings is 2. The zero-order valence-corrected chi connectivity index (χ0v) is 15.8. The van der Waals surface area contributed by atoms with Crippen LogP contribution >= 0.6 is 22.9 Å². The summed E-state index contributed by atoms with van der Waals surface area (Å²) in [5, 5.41) is 8.87. The summed E-state index contributed by atoms with van der Waals surface area (Å²) in [6, 6.07) is 15.7. The molecule has 0 amide bonds. The van der Waals surface area contributed by atoms with Gasteiger partial charge in [-0.2, -0.15) is 5.10 Å². The molecule has 0 aliphatic rings. The van der Waals surface area contributed by atoms with E-state index in [4.69, 9.17) is 18.0 Å². The van der Waals surface area contributed by atoms with Crippen LogP contribution in [0.1, 0.15) is 5.56 Å². The summed E-state index contributed by atoms with van der Waals surface area (Å²) in [5.74, 6) is 2.68. The number of nitrogens with zero attached hydrogens (tertiary/aromatic N) is 3. The van der Waals surface area contributed by atoms with Crippen LogP contribution in [0.2, 0.25) is 5.02 Å². The average molecular weight is 391 g/mol. The summed E-state index contributed by atoms with van der Waals surface area (Å²) in [6.45, 7) is 0.527. The fourth-order valence-electron chi connectivity index (χ4n) is 2.84. The fraction of sp³-hybridized carbons (Fsp3) is 0.0476. The van der Waals surface area contributed by atoms with Gasteiger partial charge < -0.3 is 4.57 Å². The molecular formula is C21H15ClN4S. The van der Waals surface area contributed by atoms with Gasteiger partial charge in [-0.25, -0.2) is 4.98 Å². The molecule has 4 aromatic rings. The smallest absolute Gasteiger partial charge is 0.203 e. The highest BCUT2D eigenvalue weighted by molar-refractivity contribution is 7.14. The third-order valence-corrected chi connectivity index (χ3v) is 5.09. The van der Waals surface area contributed by atoms with Crippen molar-refractivity contribution in [2.24, 2.45) is 5.10 Å². The number of hydrazone groups is 1. The molecular weight excluding hydrogens is 376 g/mol. The number of anilines is 1. The zero-order valence-electron chi connectivity index (χ0n) is 14.3. The van der Waals surface area contributed by atoms with E-state index in [9.17, 15) is 0 Å². The lowest BCUT2D eigenvalue weighted by Crippen LogP contribution is -1.92. The van der Waals surface area contributed by atoms with Crippen LogP contribution < -0.4 is 5.43 Å². The number of rotatable bonds is 5. The minimum Gasteiger partial charge on any atom is -0.335 e. The number of aromatic nitrogens is 2. The summed E-state index contributed by atoms with van der Waals surface area (Å²) in [5.41, 5.74) is 7.01. The standard InChI is InChI=1S/C21H15ClN4S/c1-2-11-26-13-16(18-5-3-4-6-20(18)26)12-23-25-21-24-19(14-27-21)15-7-9-17(22)10-8-15/h1,3-10,12-14H,11H2,(H,24,25)/b23-12+. The molecule has 132 valence electrons. The fourth-order valence-corrected chi connectivity index (χ4v) is 3.64. The van der Waals surface area contributed by atoms with Crippen molar-refractivity contribution in [3.63, 3.8) is 0 Å². The maximum Gasteiger partial charge on any atom is 0.203 e. The normalized spacial score (nSPS) is 11.1. The Balaban J connectivity index is 1.53. The van der Waals surface area contributed by atoms with Crippen molar-refractivity contribution in [3.8, 4) is 23.6 Å². The first-order valence-corrected chi connectivity index (χ1v) is 9.52. The molecule has 27 heavy (non-hydrogen) atoms. The zero-order chi connectivity index (χ0) is 18.6. The molecule has 0 aliphatic heterocycles. The first kappa shape index (κ1) is 17.3. The molecule has 0 atom stereocenters. The molecule has 0 spiro atoms. The van der Waals surface area contributed by atoms with Crippen molar-refractivity contribution in [1.82, 2.24) is 9.55 Å². The highest BCUT2D eigenvalue weighted by Crippen LogP contribution is 2.26. The summed E-state index contributed by atoms with van der Waals surface area (Å²) >= 11 is 7.43. The van der Waals surface area contributed by atoms with Gasteiger partial charge in [-0.15, -0.1) is 17.8 Å². The number of terminal acetylenes is 1. The van der Waals surface area contributed by atoms with Gasteiger partial charge in [0.05, 0.1) is 18.5 Å². The Bertz CT molecular complexity index is 1150. The molecule has 1 N–H and O–H groups in total. The molecule has 4 nitrogen and oxygen atoms in total. The van der Waals surface area contributed by atoms with Gasteiger partial charge in [0.25, 0.3) is 0 Å². The lowest BCUT2D eigenvalue weighted by Gasteiger charge is -1.97. The van der Waals surface area contributed by atoms with Crippen LogP contribution in [0.5, 0.6) is 0 Å². The maximum atomic E-state index is 5.93. The molecule has 0 aliphatic carbocycles. The Morgan fingerprint density at radius 3 is 2.85 bits per heavy atom. The van der Waals surface area contributed by atoms with E-state index in [-0.39, 0.29) is 0 Å². The molecule has 0 saturated heterocycles. The number of para-hydroxylation sites is 1. The Hall–Kier alpha value is -3.07. The average Bonchev–Trinajstić information content (AvgIpc) is 3.29. The van der Waals surface area contributed by atoms with Crippen molar-refractivity contribution in [3.05, 3.63) is 70.7 Å². The van der Waals surface area contributed by atoms with Crippen molar-refractivity contribution in [2.75, 3.05) is 5.43 Å². The van der Waals surface area contributed by atoms with Gasteiger partial charge in [-0.05, 0) is 18.2 Å². The second-order valence-corrected chi connectivity index (χ2v) is 7.14. The number of thiazole rings is 1. The Morgan fingerprint density at radius 2 is 2.04 bits per heavy atom. The van der Waals surface area contributed by atoms with E-state index in [1.54, 1.807) is 6.21 Å². The third-order valence-electron chi connectivity index (χ3n) is 4.09. The molecule has 2 heterocycles. The summed E-state index contributed by atoms with van der Waals surface area (Å²) in [4.78, 5) is 4.56. The van der Waals surface area contributed by atoms with E-state index < -0.39 is 0 Å². The van der Waals surface area contributed by atoms with E-state index in [0.29, 0.717) is 11.6 Å². The quantitative estimate of drug-likeness (QED) is 0.278. The summed E-state index contributed by atoms with van der Waals surface area (Å²) < 4.78 is 2.04. The van der Waals surface area contributed by atoms with Crippen LogP contribution in [0.15, 0.2) is 65.2 Å². The molecule has 0 saturated carbocycles. The number of hydrogen-bond donors (Lipinski definition) is 1. The molecule has 4 rings (SSSR count). The molecule has 0 fully saturated rings. The highest BCUT2D eigenvalue weighted by Gasteiger charge is 2.06. The van der Waals surface area contributed by atoms with Crippen LogP contribution in [-0.2, 0) is 6.54 Å². The number of hydrogen-bond acceptors (Lipinski definition) is 4. The lowest BCUT2D eigenvalue weighted by atomic mass is 10.2. The van der Waals surface area contributed by atoms with Crippen molar-refractivity contribution in [2.45, 2.75) is 6.54 Å². The first-order chi connectivity index (χ1) is 13.2. The first-order valence-electron chi connectivity index (χ1n) is 8.26. The summed E-state index contributed by atoms with van der Waals surface area (Å²) in [6.07, 6.45) is 9.27. The number of fused-ring (bicyclic) bond motifs is 1. The van der Waals surface area contributed by atoms with Crippen molar-refractivity contribution >= 4 is 45.2 Å². The van der Waals surface area contributed by atoms with Gasteiger partial charge in [0, 0.05) is 38.6 Å². The second-order valence-electron chi connectivity index (χ2n) is 5.85. The molecule has 2 aromatic carbocycles. The monoisotopic (exact) mass is 390 g/mol.